The van der Waals surface area contributed by atoms with E-state index in [0.29, 0.717) is 0 Å². The minimum Gasteiger partial charge on any atom is -0.309 e. The molecule has 13 rings (SSSR count). The molecule has 58 heavy (non-hydrogen) atoms. The van der Waals surface area contributed by atoms with Crippen LogP contribution in [0.3, 0.4) is 0 Å². The van der Waals surface area contributed by atoms with E-state index in [1.807, 2.05) is 0 Å². The fourth-order valence-electron chi connectivity index (χ4n) is 10.0. The summed E-state index contributed by atoms with van der Waals surface area (Å²) in [6.07, 6.45) is 0. The molecule has 4 heteroatoms. The highest BCUT2D eigenvalue weighted by molar-refractivity contribution is 6.27. The van der Waals surface area contributed by atoms with Gasteiger partial charge in [0.05, 0.1) is 49.8 Å². The van der Waals surface area contributed by atoms with Crippen LogP contribution >= 0.6 is 0 Å². The Bertz CT molecular complexity index is 3780. The molecule has 0 spiro atoms. The third-order valence-electron chi connectivity index (χ3n) is 12.3. The van der Waals surface area contributed by atoms with Gasteiger partial charge in [-0.3, -0.25) is 0 Å². The first kappa shape index (κ1) is 31.4. The number of para-hydroxylation sites is 6. The van der Waals surface area contributed by atoms with E-state index in [2.05, 4.69) is 225 Å². The number of aromatic nitrogens is 4. The van der Waals surface area contributed by atoms with Gasteiger partial charge in [-0.2, -0.15) is 0 Å². The molecular formula is C54H34N4. The molecule has 0 amide bonds. The normalized spacial score (nSPS) is 12.1. The van der Waals surface area contributed by atoms with Gasteiger partial charge in [0.1, 0.15) is 0 Å². The molecule has 0 radical (unpaired) electrons. The number of rotatable bonds is 4. The van der Waals surface area contributed by atoms with Gasteiger partial charge in [0, 0.05) is 60.2 Å². The molecule has 4 aromatic heterocycles. The highest BCUT2D eigenvalue weighted by Gasteiger charge is 2.24. The van der Waals surface area contributed by atoms with E-state index in [1.54, 1.807) is 0 Å². The van der Waals surface area contributed by atoms with Crippen LogP contribution in [0.25, 0.3) is 110 Å². The first-order valence-electron chi connectivity index (χ1n) is 20.0. The van der Waals surface area contributed by atoms with E-state index in [1.165, 1.54) is 92.9 Å². The Balaban J connectivity index is 1.15. The summed E-state index contributed by atoms with van der Waals surface area (Å²) in [5.74, 6) is 0. The van der Waals surface area contributed by atoms with E-state index in [4.69, 9.17) is 0 Å². The van der Waals surface area contributed by atoms with Crippen molar-refractivity contribution in [1.82, 2.24) is 18.3 Å². The maximum absolute atomic E-state index is 2.51. The van der Waals surface area contributed by atoms with Crippen molar-refractivity contribution < 1.29 is 0 Å². The van der Waals surface area contributed by atoms with Crippen LogP contribution in [0.15, 0.2) is 206 Å². The van der Waals surface area contributed by atoms with Gasteiger partial charge in [-0.15, -0.1) is 0 Å². The molecule has 0 bridgehead atoms. The van der Waals surface area contributed by atoms with E-state index >= 15 is 0 Å². The lowest BCUT2D eigenvalue weighted by molar-refractivity contribution is 1.16. The monoisotopic (exact) mass is 738 g/mol. The van der Waals surface area contributed by atoms with Gasteiger partial charge in [-0.1, -0.05) is 121 Å². The lowest BCUT2D eigenvalue weighted by Gasteiger charge is -2.12. The summed E-state index contributed by atoms with van der Waals surface area (Å²) < 4.78 is 9.82. The van der Waals surface area contributed by atoms with Gasteiger partial charge in [-0.05, 0) is 84.9 Å². The topological polar surface area (TPSA) is 19.7 Å². The summed E-state index contributed by atoms with van der Waals surface area (Å²) in [6.45, 7) is 0. The second-order valence-electron chi connectivity index (χ2n) is 15.3. The number of benzene rings is 9. The third-order valence-corrected chi connectivity index (χ3v) is 12.3. The number of hydrogen-bond acceptors (Lipinski definition) is 0. The van der Waals surface area contributed by atoms with E-state index in [9.17, 15) is 0 Å². The molecule has 4 heterocycles. The van der Waals surface area contributed by atoms with Crippen LogP contribution < -0.4 is 0 Å². The van der Waals surface area contributed by atoms with Crippen molar-refractivity contribution in [3.63, 3.8) is 0 Å². The summed E-state index contributed by atoms with van der Waals surface area (Å²) in [4.78, 5) is 0. The molecule has 0 aliphatic heterocycles. The lowest BCUT2D eigenvalue weighted by Crippen LogP contribution is -1.97. The second-order valence-corrected chi connectivity index (χ2v) is 15.3. The highest BCUT2D eigenvalue weighted by atomic mass is 15.0. The van der Waals surface area contributed by atoms with Crippen molar-refractivity contribution >= 4 is 87.2 Å². The van der Waals surface area contributed by atoms with E-state index < -0.39 is 0 Å². The van der Waals surface area contributed by atoms with Crippen LogP contribution in [0.2, 0.25) is 0 Å². The van der Waals surface area contributed by atoms with Crippen molar-refractivity contribution in [3.05, 3.63) is 206 Å². The molecule has 4 nitrogen and oxygen atoms in total. The number of hydrogen-bond donors (Lipinski definition) is 0. The highest BCUT2D eigenvalue weighted by Crippen LogP contribution is 2.45. The molecular weight excluding hydrogens is 705 g/mol. The molecule has 270 valence electrons. The molecule has 9 aromatic carbocycles. The smallest absolute Gasteiger partial charge is 0.0641 e. The van der Waals surface area contributed by atoms with Crippen molar-refractivity contribution in [2.24, 2.45) is 0 Å². The molecule has 0 atom stereocenters. The van der Waals surface area contributed by atoms with Gasteiger partial charge in [0.15, 0.2) is 0 Å². The predicted octanol–water partition coefficient (Wildman–Crippen LogP) is 14.1. The molecule has 0 N–H and O–H groups in total. The van der Waals surface area contributed by atoms with Crippen LogP contribution in [0.1, 0.15) is 0 Å². The van der Waals surface area contributed by atoms with Crippen molar-refractivity contribution in [1.29, 1.82) is 0 Å². The predicted molar refractivity (Wildman–Crippen MR) is 244 cm³/mol. The maximum Gasteiger partial charge on any atom is 0.0641 e. The first-order chi connectivity index (χ1) is 28.8. The molecule has 13 aromatic rings. The SMILES string of the molecule is c1ccc(-n2c3ccccc3c3cc(-n4c5ccccc5c5ccc6c(c7ccccc7n6-c6cccc7c6c6ccccc6n7-c6ccccc6)c54)ccc32)cc1. The van der Waals surface area contributed by atoms with Gasteiger partial charge < -0.3 is 18.3 Å². The summed E-state index contributed by atoms with van der Waals surface area (Å²) in [5.41, 5.74) is 14.2. The Hall–Kier alpha value is -7.82. The zero-order valence-corrected chi connectivity index (χ0v) is 31.4. The summed E-state index contributed by atoms with van der Waals surface area (Å²) in [7, 11) is 0. The Morgan fingerprint density at radius 3 is 1.34 bits per heavy atom. The quantitative estimate of drug-likeness (QED) is 0.171. The van der Waals surface area contributed by atoms with Crippen LogP contribution in [0.4, 0.5) is 0 Å². The average molecular weight is 739 g/mol. The van der Waals surface area contributed by atoms with Gasteiger partial charge >= 0.3 is 0 Å². The van der Waals surface area contributed by atoms with Crippen LogP contribution in [-0.4, -0.2) is 18.3 Å². The van der Waals surface area contributed by atoms with Crippen molar-refractivity contribution in [2.75, 3.05) is 0 Å². The molecule has 0 saturated carbocycles. The van der Waals surface area contributed by atoms with Gasteiger partial charge in [0.25, 0.3) is 0 Å². The fourth-order valence-corrected chi connectivity index (χ4v) is 10.0. The molecule has 0 aliphatic carbocycles. The minimum atomic E-state index is 1.15. The molecule has 0 saturated heterocycles. The van der Waals surface area contributed by atoms with Crippen LogP contribution in [0.5, 0.6) is 0 Å². The van der Waals surface area contributed by atoms with Crippen LogP contribution in [-0.2, 0) is 0 Å². The second kappa shape index (κ2) is 11.8. The van der Waals surface area contributed by atoms with Crippen molar-refractivity contribution in [2.45, 2.75) is 0 Å². The molecule has 0 unspecified atom stereocenters. The van der Waals surface area contributed by atoms with Crippen molar-refractivity contribution in [3.8, 4) is 22.7 Å². The number of nitrogens with zero attached hydrogens (tertiary/aromatic N) is 4. The zero-order valence-electron chi connectivity index (χ0n) is 31.4. The minimum absolute atomic E-state index is 1.15. The van der Waals surface area contributed by atoms with Crippen LogP contribution in [0, 0.1) is 0 Å². The average Bonchev–Trinajstić information content (AvgIpc) is 4.02. The van der Waals surface area contributed by atoms with E-state index in [-0.39, 0.29) is 0 Å². The zero-order chi connectivity index (χ0) is 37.9. The number of fused-ring (bicyclic) bond motifs is 13. The van der Waals surface area contributed by atoms with Gasteiger partial charge in [-0.25, -0.2) is 0 Å². The third kappa shape index (κ3) is 4.18. The fraction of sp³-hybridized carbons (Fsp3) is 0. The molecule has 0 fully saturated rings. The molecule has 0 aliphatic rings. The summed E-state index contributed by atoms with van der Waals surface area (Å²) in [5, 5.41) is 9.93. The van der Waals surface area contributed by atoms with E-state index in [0.717, 1.165) is 17.1 Å². The summed E-state index contributed by atoms with van der Waals surface area (Å²) >= 11 is 0. The lowest BCUT2D eigenvalue weighted by atomic mass is 10.1. The Kier molecular flexibility index (Phi) is 6.41. The summed E-state index contributed by atoms with van der Waals surface area (Å²) in [6, 6.07) is 75.4. The Morgan fingerprint density at radius 1 is 0.224 bits per heavy atom. The maximum atomic E-state index is 2.51. The Morgan fingerprint density at radius 2 is 0.672 bits per heavy atom. The largest absolute Gasteiger partial charge is 0.309 e. The Labute approximate surface area is 333 Å². The first-order valence-corrected chi connectivity index (χ1v) is 20.0. The standard InChI is InChI=1S/C54H34N4/c1-3-16-35(17-4-1)55-44-24-11-8-21-39(44)43-34-37(30-32-48(43)55)57-45-25-12-7-20-38(45)40-31-33-51-53(54(40)57)42-23-10-14-27-47(42)58(51)50-29-15-28-49-52(50)41-22-9-13-26-46(41)56(49)36-18-5-2-6-19-36/h1-34H. The van der Waals surface area contributed by atoms with Gasteiger partial charge in [0.2, 0.25) is 0 Å².